The van der Waals surface area contributed by atoms with Gasteiger partial charge in [0.1, 0.15) is 0 Å². The molecule has 12 heavy (non-hydrogen) atoms. The highest BCUT2D eigenvalue weighted by Crippen LogP contribution is 2.32. The maximum atomic E-state index is 8.53. The summed E-state index contributed by atoms with van der Waals surface area (Å²) in [5, 5.41) is 11.6. The second kappa shape index (κ2) is 5.34. The third-order valence-electron chi connectivity index (χ3n) is 1.28. The van der Waals surface area contributed by atoms with Crippen molar-refractivity contribution < 1.29 is 5.11 Å². The van der Waals surface area contributed by atoms with Gasteiger partial charge in [-0.2, -0.15) is 0 Å². The molecule has 1 aromatic heterocycles. The SMILES string of the molecule is OCCNCc1cc(Br)c(Br)s1. The molecule has 0 aliphatic carbocycles. The van der Waals surface area contributed by atoms with Crippen LogP contribution in [0.15, 0.2) is 14.3 Å². The van der Waals surface area contributed by atoms with Crippen LogP contribution in [0, 0.1) is 0 Å². The second-order valence-corrected chi connectivity index (χ2v) is 5.54. The number of hydrogen-bond acceptors (Lipinski definition) is 3. The minimum Gasteiger partial charge on any atom is -0.395 e. The summed E-state index contributed by atoms with van der Waals surface area (Å²) >= 11 is 8.52. The average molecular weight is 315 g/mol. The Bertz CT molecular complexity index is 232. The van der Waals surface area contributed by atoms with E-state index in [4.69, 9.17) is 5.11 Å². The molecule has 0 saturated carbocycles. The number of hydrogen-bond donors (Lipinski definition) is 2. The van der Waals surface area contributed by atoms with E-state index in [2.05, 4.69) is 43.2 Å². The Labute approximate surface area is 92.2 Å². The number of rotatable bonds is 4. The van der Waals surface area contributed by atoms with Crippen molar-refractivity contribution >= 4 is 43.2 Å². The zero-order chi connectivity index (χ0) is 8.97. The average Bonchev–Trinajstić information content (AvgIpc) is 2.32. The lowest BCUT2D eigenvalue weighted by Crippen LogP contribution is -2.16. The van der Waals surface area contributed by atoms with E-state index in [-0.39, 0.29) is 6.61 Å². The predicted octanol–water partition coefficient (Wildman–Crippen LogP) is 2.36. The van der Waals surface area contributed by atoms with Gasteiger partial charge in [-0.05, 0) is 37.9 Å². The smallest absolute Gasteiger partial charge is 0.0843 e. The van der Waals surface area contributed by atoms with Crippen LogP contribution in [-0.4, -0.2) is 18.3 Å². The maximum absolute atomic E-state index is 8.53. The van der Waals surface area contributed by atoms with E-state index in [1.807, 2.05) is 0 Å². The van der Waals surface area contributed by atoms with Crippen molar-refractivity contribution in [2.75, 3.05) is 13.2 Å². The van der Waals surface area contributed by atoms with Crippen molar-refractivity contribution in [1.29, 1.82) is 0 Å². The Kier molecular flexibility index (Phi) is 4.74. The van der Waals surface area contributed by atoms with Crippen molar-refractivity contribution in [2.24, 2.45) is 0 Å². The molecule has 1 heterocycles. The van der Waals surface area contributed by atoms with Crippen LogP contribution in [0.4, 0.5) is 0 Å². The fraction of sp³-hybridized carbons (Fsp3) is 0.429. The fourth-order valence-electron chi connectivity index (χ4n) is 0.769. The van der Waals surface area contributed by atoms with Gasteiger partial charge in [0.25, 0.3) is 0 Å². The Balaban J connectivity index is 2.42. The van der Waals surface area contributed by atoms with E-state index in [0.29, 0.717) is 6.54 Å². The van der Waals surface area contributed by atoms with Gasteiger partial charge in [-0.25, -0.2) is 0 Å². The first-order valence-electron chi connectivity index (χ1n) is 3.49. The Morgan fingerprint density at radius 3 is 2.75 bits per heavy atom. The molecule has 68 valence electrons. The van der Waals surface area contributed by atoms with Crippen molar-refractivity contribution in [2.45, 2.75) is 6.54 Å². The first-order chi connectivity index (χ1) is 5.74. The molecule has 0 bridgehead atoms. The summed E-state index contributed by atoms with van der Waals surface area (Å²) in [7, 11) is 0. The third kappa shape index (κ3) is 3.14. The zero-order valence-corrected chi connectivity index (χ0v) is 10.3. The first-order valence-corrected chi connectivity index (χ1v) is 5.89. The van der Waals surface area contributed by atoms with E-state index in [1.54, 1.807) is 11.3 Å². The number of aliphatic hydroxyl groups is 1. The maximum Gasteiger partial charge on any atom is 0.0843 e. The molecule has 0 aromatic carbocycles. The summed E-state index contributed by atoms with van der Waals surface area (Å²) in [6, 6.07) is 2.07. The normalized spacial score (nSPS) is 10.6. The summed E-state index contributed by atoms with van der Waals surface area (Å²) in [4.78, 5) is 1.25. The van der Waals surface area contributed by atoms with Crippen molar-refractivity contribution in [3.8, 4) is 0 Å². The summed E-state index contributed by atoms with van der Waals surface area (Å²) in [5.74, 6) is 0. The van der Waals surface area contributed by atoms with E-state index in [1.165, 1.54) is 4.88 Å². The van der Waals surface area contributed by atoms with Crippen molar-refractivity contribution in [3.63, 3.8) is 0 Å². The molecule has 0 aliphatic rings. The lowest BCUT2D eigenvalue weighted by Gasteiger charge is -1.97. The number of thiophene rings is 1. The summed E-state index contributed by atoms with van der Waals surface area (Å²) in [6.45, 7) is 1.65. The quantitative estimate of drug-likeness (QED) is 0.836. The van der Waals surface area contributed by atoms with Crippen molar-refractivity contribution in [3.05, 3.63) is 19.2 Å². The highest BCUT2D eigenvalue weighted by Gasteiger charge is 2.02. The Morgan fingerprint density at radius 1 is 1.50 bits per heavy atom. The standard InChI is InChI=1S/C7H9Br2NOS/c8-6-3-5(12-7(6)9)4-10-1-2-11/h3,10-11H,1-2,4H2. The molecule has 5 heteroatoms. The summed E-state index contributed by atoms with van der Waals surface area (Å²) in [6.07, 6.45) is 0. The van der Waals surface area contributed by atoms with Gasteiger partial charge in [-0.1, -0.05) is 0 Å². The molecule has 1 aromatic rings. The molecule has 1 rings (SSSR count). The van der Waals surface area contributed by atoms with Gasteiger partial charge in [-0.15, -0.1) is 11.3 Å². The number of nitrogens with one attached hydrogen (secondary N) is 1. The summed E-state index contributed by atoms with van der Waals surface area (Å²) in [5.41, 5.74) is 0. The molecule has 0 amide bonds. The first kappa shape index (κ1) is 10.7. The molecule has 0 saturated heterocycles. The Morgan fingerprint density at radius 2 is 2.25 bits per heavy atom. The van der Waals surface area contributed by atoms with E-state index in [9.17, 15) is 0 Å². The fourth-order valence-corrected chi connectivity index (χ4v) is 2.92. The largest absolute Gasteiger partial charge is 0.395 e. The van der Waals surface area contributed by atoms with Gasteiger partial charge in [-0.3, -0.25) is 0 Å². The highest BCUT2D eigenvalue weighted by atomic mass is 79.9. The van der Waals surface area contributed by atoms with E-state index < -0.39 is 0 Å². The topological polar surface area (TPSA) is 32.3 Å². The second-order valence-electron chi connectivity index (χ2n) is 2.23. The number of aliphatic hydroxyl groups excluding tert-OH is 1. The molecule has 2 N–H and O–H groups in total. The van der Waals surface area contributed by atoms with Crippen LogP contribution in [-0.2, 0) is 6.54 Å². The molecule has 0 unspecified atom stereocenters. The van der Waals surface area contributed by atoms with Crippen LogP contribution in [0.3, 0.4) is 0 Å². The minimum absolute atomic E-state index is 0.188. The molecule has 0 radical (unpaired) electrons. The highest BCUT2D eigenvalue weighted by molar-refractivity contribution is 9.13. The molecular formula is C7H9Br2NOS. The molecule has 0 spiro atoms. The van der Waals surface area contributed by atoms with Gasteiger partial charge in [0, 0.05) is 22.4 Å². The van der Waals surface area contributed by atoms with Crippen LogP contribution < -0.4 is 5.32 Å². The molecule has 2 nitrogen and oxygen atoms in total. The zero-order valence-electron chi connectivity index (χ0n) is 6.31. The molecular weight excluding hydrogens is 306 g/mol. The molecule has 0 aliphatic heterocycles. The van der Waals surface area contributed by atoms with Crippen LogP contribution in [0.1, 0.15) is 4.88 Å². The lowest BCUT2D eigenvalue weighted by molar-refractivity contribution is 0.292. The van der Waals surface area contributed by atoms with Gasteiger partial charge in [0.15, 0.2) is 0 Å². The predicted molar refractivity (Wildman–Crippen MR) is 58.5 cm³/mol. The van der Waals surface area contributed by atoms with Gasteiger partial charge in [0.05, 0.1) is 10.4 Å². The van der Waals surface area contributed by atoms with E-state index in [0.717, 1.165) is 14.8 Å². The molecule has 0 fully saturated rings. The van der Waals surface area contributed by atoms with Crippen LogP contribution in [0.5, 0.6) is 0 Å². The van der Waals surface area contributed by atoms with Gasteiger partial charge in [0.2, 0.25) is 0 Å². The molecule has 0 atom stereocenters. The van der Waals surface area contributed by atoms with Gasteiger partial charge < -0.3 is 10.4 Å². The number of halogens is 2. The Hall–Kier alpha value is 0.580. The van der Waals surface area contributed by atoms with Gasteiger partial charge >= 0.3 is 0 Å². The minimum atomic E-state index is 0.188. The van der Waals surface area contributed by atoms with Crippen LogP contribution >= 0.6 is 43.2 Å². The van der Waals surface area contributed by atoms with E-state index >= 15 is 0 Å². The van der Waals surface area contributed by atoms with Crippen molar-refractivity contribution in [1.82, 2.24) is 5.32 Å². The lowest BCUT2D eigenvalue weighted by atomic mass is 10.4. The van der Waals surface area contributed by atoms with Crippen LogP contribution in [0.25, 0.3) is 0 Å². The van der Waals surface area contributed by atoms with Crippen LogP contribution in [0.2, 0.25) is 0 Å². The summed E-state index contributed by atoms with van der Waals surface area (Å²) < 4.78 is 2.21. The third-order valence-corrected chi connectivity index (χ3v) is 4.54. The monoisotopic (exact) mass is 313 g/mol.